The molecule has 5 heteroatoms. The van der Waals surface area contributed by atoms with E-state index in [9.17, 15) is 4.79 Å². The summed E-state index contributed by atoms with van der Waals surface area (Å²) in [6, 6.07) is 15.4. The van der Waals surface area contributed by atoms with Crippen molar-refractivity contribution in [2.24, 2.45) is 0 Å². The number of benzene rings is 1. The molecule has 3 heterocycles. The van der Waals surface area contributed by atoms with Crippen LogP contribution >= 0.6 is 0 Å². The van der Waals surface area contributed by atoms with Crippen molar-refractivity contribution in [2.45, 2.75) is 6.04 Å². The average molecular weight is 290 g/mol. The van der Waals surface area contributed by atoms with Gasteiger partial charge >= 0.3 is 0 Å². The van der Waals surface area contributed by atoms with Crippen molar-refractivity contribution in [2.75, 3.05) is 7.05 Å². The van der Waals surface area contributed by atoms with E-state index in [-0.39, 0.29) is 11.9 Å². The second-order valence-electron chi connectivity index (χ2n) is 5.30. The molecule has 4 rings (SSSR count). The quantitative estimate of drug-likeness (QED) is 0.789. The van der Waals surface area contributed by atoms with Crippen molar-refractivity contribution < 1.29 is 4.79 Å². The molecule has 1 N–H and O–H groups in total. The molecule has 2 aromatic heterocycles. The van der Waals surface area contributed by atoms with Gasteiger partial charge in [0, 0.05) is 24.4 Å². The maximum Gasteiger partial charge on any atom is 0.272 e. The molecule has 5 nitrogen and oxygen atoms in total. The number of carbonyl (C=O) groups is 1. The van der Waals surface area contributed by atoms with Gasteiger partial charge in [0.1, 0.15) is 11.7 Å². The molecule has 1 aliphatic heterocycles. The Morgan fingerprint density at radius 3 is 2.59 bits per heavy atom. The van der Waals surface area contributed by atoms with Gasteiger partial charge in [-0.2, -0.15) is 5.10 Å². The van der Waals surface area contributed by atoms with E-state index in [0.29, 0.717) is 5.69 Å². The Bertz CT molecular complexity index is 826. The predicted molar refractivity (Wildman–Crippen MR) is 82.2 cm³/mol. The van der Waals surface area contributed by atoms with Crippen molar-refractivity contribution >= 4 is 5.91 Å². The van der Waals surface area contributed by atoms with E-state index in [1.54, 1.807) is 18.1 Å². The van der Waals surface area contributed by atoms with Gasteiger partial charge in [-0.25, -0.2) is 0 Å². The first-order valence-corrected chi connectivity index (χ1v) is 7.09. The second kappa shape index (κ2) is 4.80. The van der Waals surface area contributed by atoms with Gasteiger partial charge in [-0.3, -0.25) is 14.9 Å². The highest BCUT2D eigenvalue weighted by Crippen LogP contribution is 2.40. The maximum absolute atomic E-state index is 12.5. The van der Waals surface area contributed by atoms with Gasteiger partial charge in [0.25, 0.3) is 5.91 Å². The Morgan fingerprint density at radius 1 is 1.09 bits per heavy atom. The molecular formula is C17H14N4O. The summed E-state index contributed by atoms with van der Waals surface area (Å²) in [7, 11) is 1.80. The smallest absolute Gasteiger partial charge is 0.272 e. The molecule has 0 bridgehead atoms. The zero-order valence-electron chi connectivity index (χ0n) is 12.0. The number of amides is 1. The third-order valence-corrected chi connectivity index (χ3v) is 4.01. The molecule has 0 radical (unpaired) electrons. The van der Waals surface area contributed by atoms with E-state index in [1.165, 1.54) is 0 Å². The van der Waals surface area contributed by atoms with Gasteiger partial charge in [-0.05, 0) is 12.1 Å². The summed E-state index contributed by atoms with van der Waals surface area (Å²) in [6.45, 7) is 0. The number of H-pyrrole nitrogens is 1. The normalized spacial score (nSPS) is 16.9. The van der Waals surface area contributed by atoms with Crippen molar-refractivity contribution in [3.05, 3.63) is 71.7 Å². The zero-order chi connectivity index (χ0) is 15.1. The molecule has 1 unspecified atom stereocenters. The lowest BCUT2D eigenvalue weighted by molar-refractivity contribution is 0.0786. The Hall–Kier alpha value is -2.95. The molecule has 108 valence electrons. The van der Waals surface area contributed by atoms with Crippen LogP contribution in [0, 0.1) is 0 Å². The lowest BCUT2D eigenvalue weighted by atomic mass is 9.99. The number of fused-ring (bicyclic) bond motifs is 1. The summed E-state index contributed by atoms with van der Waals surface area (Å²) >= 11 is 0. The van der Waals surface area contributed by atoms with E-state index < -0.39 is 0 Å². The van der Waals surface area contributed by atoms with E-state index in [4.69, 9.17) is 0 Å². The summed E-state index contributed by atoms with van der Waals surface area (Å²) in [5, 5.41) is 7.26. The van der Waals surface area contributed by atoms with Gasteiger partial charge in [-0.15, -0.1) is 0 Å². The molecule has 3 aromatic rings. The Morgan fingerprint density at radius 2 is 1.86 bits per heavy atom. The summed E-state index contributed by atoms with van der Waals surface area (Å²) < 4.78 is 0. The first kappa shape index (κ1) is 12.8. The number of nitrogens with zero attached hydrogens (tertiary/aromatic N) is 3. The number of aromatic amines is 1. The van der Waals surface area contributed by atoms with Crippen LogP contribution in [0.4, 0.5) is 0 Å². The zero-order valence-corrected chi connectivity index (χ0v) is 12.0. The lowest BCUT2D eigenvalue weighted by Gasteiger charge is -2.20. The number of hydrogen-bond donors (Lipinski definition) is 1. The highest BCUT2D eigenvalue weighted by atomic mass is 16.2. The van der Waals surface area contributed by atoms with Crippen LogP contribution in [0.25, 0.3) is 11.3 Å². The molecule has 1 amide bonds. The fourth-order valence-electron chi connectivity index (χ4n) is 2.97. The fraction of sp³-hybridized carbons (Fsp3) is 0.118. The van der Waals surface area contributed by atoms with Crippen LogP contribution in [0.1, 0.15) is 27.8 Å². The van der Waals surface area contributed by atoms with Crippen LogP contribution in [0.15, 0.2) is 54.7 Å². The van der Waals surface area contributed by atoms with Crippen LogP contribution in [-0.4, -0.2) is 33.0 Å². The predicted octanol–water partition coefficient (Wildman–Crippen LogP) is 2.65. The summed E-state index contributed by atoms with van der Waals surface area (Å²) in [4.78, 5) is 18.6. The fourth-order valence-corrected chi connectivity index (χ4v) is 2.97. The van der Waals surface area contributed by atoms with E-state index in [0.717, 1.165) is 22.5 Å². The summed E-state index contributed by atoms with van der Waals surface area (Å²) in [5.41, 5.74) is 4.10. The molecule has 0 saturated heterocycles. The molecule has 0 spiro atoms. The first-order valence-electron chi connectivity index (χ1n) is 7.09. The van der Waals surface area contributed by atoms with Crippen LogP contribution in [0.2, 0.25) is 0 Å². The molecule has 1 aliphatic rings. The SMILES string of the molecule is CN1C(=O)c2[nH]nc(-c3ccccc3)c2C1c1ccccn1. The maximum atomic E-state index is 12.5. The van der Waals surface area contributed by atoms with Crippen LogP contribution < -0.4 is 0 Å². The number of pyridine rings is 1. The number of carbonyl (C=O) groups excluding carboxylic acids is 1. The summed E-state index contributed by atoms with van der Waals surface area (Å²) in [6.07, 6.45) is 1.74. The van der Waals surface area contributed by atoms with Crippen molar-refractivity contribution in [1.29, 1.82) is 0 Å². The van der Waals surface area contributed by atoms with Crippen LogP contribution in [-0.2, 0) is 0 Å². The number of hydrogen-bond acceptors (Lipinski definition) is 3. The topological polar surface area (TPSA) is 61.9 Å². The Balaban J connectivity index is 1.92. The highest BCUT2D eigenvalue weighted by molar-refractivity contribution is 5.99. The average Bonchev–Trinajstić information content (AvgIpc) is 3.10. The largest absolute Gasteiger partial charge is 0.327 e. The third-order valence-electron chi connectivity index (χ3n) is 4.01. The third kappa shape index (κ3) is 1.75. The molecule has 0 aliphatic carbocycles. The minimum Gasteiger partial charge on any atom is -0.327 e. The standard InChI is InChI=1S/C17H14N4O/c1-21-16(12-9-5-6-10-18-12)13-14(11-7-3-2-4-8-11)19-20-15(13)17(21)22/h2-10,16H,1H3,(H,19,20). The summed E-state index contributed by atoms with van der Waals surface area (Å²) in [5.74, 6) is -0.0552. The van der Waals surface area contributed by atoms with Crippen LogP contribution in [0.5, 0.6) is 0 Å². The Labute approximate surface area is 127 Å². The molecule has 0 fully saturated rings. The first-order chi connectivity index (χ1) is 10.8. The number of rotatable bonds is 2. The Kier molecular flexibility index (Phi) is 2.79. The van der Waals surface area contributed by atoms with Gasteiger partial charge in [0.15, 0.2) is 0 Å². The van der Waals surface area contributed by atoms with Crippen molar-refractivity contribution in [3.8, 4) is 11.3 Å². The monoisotopic (exact) mass is 290 g/mol. The molecule has 1 aromatic carbocycles. The van der Waals surface area contributed by atoms with Crippen LogP contribution in [0.3, 0.4) is 0 Å². The van der Waals surface area contributed by atoms with Gasteiger partial charge in [-0.1, -0.05) is 36.4 Å². The molecular weight excluding hydrogens is 276 g/mol. The van der Waals surface area contributed by atoms with E-state index in [2.05, 4.69) is 15.2 Å². The van der Waals surface area contributed by atoms with Gasteiger partial charge in [0.2, 0.25) is 0 Å². The second-order valence-corrected chi connectivity index (χ2v) is 5.30. The van der Waals surface area contributed by atoms with E-state index in [1.807, 2.05) is 48.5 Å². The highest BCUT2D eigenvalue weighted by Gasteiger charge is 2.40. The van der Waals surface area contributed by atoms with Gasteiger partial charge < -0.3 is 4.90 Å². The number of aromatic nitrogens is 3. The minimum absolute atomic E-state index is 0.0552. The van der Waals surface area contributed by atoms with Gasteiger partial charge in [0.05, 0.1) is 11.4 Å². The lowest BCUT2D eigenvalue weighted by Crippen LogP contribution is -2.25. The molecule has 0 saturated carbocycles. The number of nitrogens with one attached hydrogen (secondary N) is 1. The van der Waals surface area contributed by atoms with E-state index >= 15 is 0 Å². The molecule has 22 heavy (non-hydrogen) atoms. The van der Waals surface area contributed by atoms with Crippen molar-refractivity contribution in [3.63, 3.8) is 0 Å². The minimum atomic E-state index is -0.211. The molecule has 1 atom stereocenters. The van der Waals surface area contributed by atoms with Crippen molar-refractivity contribution in [1.82, 2.24) is 20.1 Å².